The van der Waals surface area contributed by atoms with Gasteiger partial charge in [-0.05, 0) is 23.8 Å². The van der Waals surface area contributed by atoms with Crippen LogP contribution in [0.3, 0.4) is 0 Å². The number of hydrogen-bond acceptors (Lipinski definition) is 3. The summed E-state index contributed by atoms with van der Waals surface area (Å²) in [6, 6.07) is 6.81. The second kappa shape index (κ2) is 6.93. The summed E-state index contributed by atoms with van der Waals surface area (Å²) >= 11 is 0. The van der Waals surface area contributed by atoms with Crippen LogP contribution in [0.25, 0.3) is 0 Å². The number of ether oxygens (including phenoxy) is 1. The summed E-state index contributed by atoms with van der Waals surface area (Å²) in [5.74, 6) is 0. The largest absolute Gasteiger partial charge is 0.416 e. The summed E-state index contributed by atoms with van der Waals surface area (Å²) in [5, 5.41) is 7.26. The second-order valence-corrected chi connectivity index (χ2v) is 4.96. The number of aryl methyl sites for hydroxylation is 1. The molecular formula is C15H18F3N3O. The first-order valence-corrected chi connectivity index (χ1v) is 6.78. The van der Waals surface area contributed by atoms with Crippen LogP contribution < -0.4 is 5.32 Å². The molecule has 1 heterocycles. The molecule has 0 spiro atoms. The number of nitrogens with zero attached hydrogens (tertiary/aromatic N) is 2. The quantitative estimate of drug-likeness (QED) is 0.891. The van der Waals surface area contributed by atoms with Crippen molar-refractivity contribution in [1.82, 2.24) is 15.1 Å². The minimum Gasteiger partial charge on any atom is -0.383 e. The topological polar surface area (TPSA) is 39.1 Å². The molecule has 0 aliphatic rings. The Morgan fingerprint density at radius 1 is 1.32 bits per heavy atom. The third-order valence-electron chi connectivity index (χ3n) is 3.40. The minimum absolute atomic E-state index is 0.277. The third kappa shape index (κ3) is 4.08. The summed E-state index contributed by atoms with van der Waals surface area (Å²) in [6.45, 7) is 0.764. The Morgan fingerprint density at radius 3 is 2.68 bits per heavy atom. The van der Waals surface area contributed by atoms with Crippen LogP contribution >= 0.6 is 0 Å². The van der Waals surface area contributed by atoms with E-state index in [-0.39, 0.29) is 12.6 Å². The van der Waals surface area contributed by atoms with Crippen molar-refractivity contribution in [3.63, 3.8) is 0 Å². The zero-order valence-electron chi connectivity index (χ0n) is 12.4. The molecular weight excluding hydrogens is 295 g/mol. The molecule has 0 aliphatic heterocycles. The smallest absolute Gasteiger partial charge is 0.383 e. The number of aromatic nitrogens is 2. The van der Waals surface area contributed by atoms with E-state index < -0.39 is 11.7 Å². The Bertz CT molecular complexity index is 610. The van der Waals surface area contributed by atoms with E-state index in [0.29, 0.717) is 12.1 Å². The van der Waals surface area contributed by atoms with Gasteiger partial charge in [0.2, 0.25) is 0 Å². The molecule has 0 bridgehead atoms. The number of nitrogens with one attached hydrogen (secondary N) is 1. The van der Waals surface area contributed by atoms with E-state index in [9.17, 15) is 13.2 Å². The van der Waals surface area contributed by atoms with Crippen LogP contribution in [0.15, 0.2) is 36.5 Å². The zero-order valence-corrected chi connectivity index (χ0v) is 12.4. The van der Waals surface area contributed by atoms with Crippen LogP contribution in [0, 0.1) is 0 Å². The highest BCUT2D eigenvalue weighted by Crippen LogP contribution is 2.30. The molecule has 0 saturated carbocycles. The Balaban J connectivity index is 2.15. The van der Waals surface area contributed by atoms with Gasteiger partial charge in [-0.15, -0.1) is 0 Å². The predicted molar refractivity (Wildman–Crippen MR) is 76.1 cm³/mol. The van der Waals surface area contributed by atoms with Crippen molar-refractivity contribution in [3.05, 3.63) is 53.3 Å². The molecule has 0 aliphatic carbocycles. The fourth-order valence-corrected chi connectivity index (χ4v) is 2.17. The lowest BCUT2D eigenvalue weighted by molar-refractivity contribution is -0.137. The van der Waals surface area contributed by atoms with Gasteiger partial charge in [0, 0.05) is 26.9 Å². The van der Waals surface area contributed by atoms with E-state index in [1.54, 1.807) is 16.9 Å². The molecule has 0 fully saturated rings. The average Bonchev–Trinajstić information content (AvgIpc) is 2.88. The Hall–Kier alpha value is -1.86. The van der Waals surface area contributed by atoms with Gasteiger partial charge in [0.25, 0.3) is 0 Å². The highest BCUT2D eigenvalue weighted by molar-refractivity contribution is 5.28. The molecule has 1 aromatic carbocycles. The fourth-order valence-electron chi connectivity index (χ4n) is 2.17. The van der Waals surface area contributed by atoms with Crippen LogP contribution in [0.1, 0.15) is 22.9 Å². The van der Waals surface area contributed by atoms with Crippen molar-refractivity contribution in [2.75, 3.05) is 13.7 Å². The summed E-state index contributed by atoms with van der Waals surface area (Å²) < 4.78 is 45.3. The van der Waals surface area contributed by atoms with Gasteiger partial charge in [-0.25, -0.2) is 0 Å². The lowest BCUT2D eigenvalue weighted by Crippen LogP contribution is -2.26. The predicted octanol–water partition coefficient (Wildman–Crippen LogP) is 2.92. The summed E-state index contributed by atoms with van der Waals surface area (Å²) in [7, 11) is 3.33. The first-order chi connectivity index (χ1) is 10.4. The van der Waals surface area contributed by atoms with Crippen molar-refractivity contribution in [1.29, 1.82) is 0 Å². The maximum absolute atomic E-state index is 12.8. The molecule has 2 rings (SSSR count). The van der Waals surface area contributed by atoms with Gasteiger partial charge in [-0.1, -0.05) is 12.1 Å². The average molecular weight is 313 g/mol. The molecule has 0 saturated heterocycles. The van der Waals surface area contributed by atoms with E-state index in [0.717, 1.165) is 17.8 Å². The molecule has 7 heteroatoms. The van der Waals surface area contributed by atoms with Crippen LogP contribution in [0.5, 0.6) is 0 Å². The number of halogens is 3. The highest BCUT2D eigenvalue weighted by atomic mass is 19.4. The van der Waals surface area contributed by atoms with Gasteiger partial charge in [0.15, 0.2) is 0 Å². The molecule has 1 atom stereocenters. The number of alkyl halides is 3. The Morgan fingerprint density at radius 2 is 2.09 bits per heavy atom. The molecule has 2 aromatic rings. The van der Waals surface area contributed by atoms with Crippen molar-refractivity contribution in [2.45, 2.75) is 18.8 Å². The van der Waals surface area contributed by atoms with Gasteiger partial charge in [-0.2, -0.15) is 18.3 Å². The second-order valence-electron chi connectivity index (χ2n) is 4.96. The molecule has 0 amide bonds. The van der Waals surface area contributed by atoms with E-state index in [1.165, 1.54) is 13.2 Å². The van der Waals surface area contributed by atoms with E-state index in [1.807, 2.05) is 13.1 Å². The first kappa shape index (κ1) is 16.5. The van der Waals surface area contributed by atoms with Crippen LogP contribution in [0.4, 0.5) is 13.2 Å². The summed E-state index contributed by atoms with van der Waals surface area (Å²) in [6.07, 6.45) is -2.68. The Kier molecular flexibility index (Phi) is 5.20. The van der Waals surface area contributed by atoms with Gasteiger partial charge in [0.05, 0.1) is 23.9 Å². The van der Waals surface area contributed by atoms with Gasteiger partial charge in [-0.3, -0.25) is 4.68 Å². The lowest BCUT2D eigenvalue weighted by atomic mass is 10.0. The van der Waals surface area contributed by atoms with E-state index >= 15 is 0 Å². The normalized spacial score (nSPS) is 13.3. The molecule has 22 heavy (non-hydrogen) atoms. The molecule has 1 aromatic heterocycles. The van der Waals surface area contributed by atoms with E-state index in [4.69, 9.17) is 4.74 Å². The molecule has 0 radical (unpaired) electrons. The monoisotopic (exact) mass is 313 g/mol. The van der Waals surface area contributed by atoms with Crippen LogP contribution in [-0.2, 0) is 24.5 Å². The minimum atomic E-state index is -4.35. The summed E-state index contributed by atoms with van der Waals surface area (Å²) in [4.78, 5) is 0. The van der Waals surface area contributed by atoms with Crippen molar-refractivity contribution in [2.24, 2.45) is 7.05 Å². The first-order valence-electron chi connectivity index (χ1n) is 6.78. The molecule has 4 nitrogen and oxygen atoms in total. The molecule has 0 unspecified atom stereocenters. The SMILES string of the molecule is COC[C@@H](NCc1ccnn1C)c1cccc(C(F)(F)F)c1. The van der Waals surface area contributed by atoms with Gasteiger partial charge >= 0.3 is 6.18 Å². The van der Waals surface area contributed by atoms with Crippen molar-refractivity contribution < 1.29 is 17.9 Å². The number of rotatable bonds is 6. The maximum Gasteiger partial charge on any atom is 0.416 e. The van der Waals surface area contributed by atoms with E-state index in [2.05, 4.69) is 10.4 Å². The van der Waals surface area contributed by atoms with Crippen molar-refractivity contribution in [3.8, 4) is 0 Å². The fraction of sp³-hybridized carbons (Fsp3) is 0.400. The standard InChI is InChI=1S/C15H18F3N3O/c1-21-13(6-7-20-21)9-19-14(10-22-2)11-4-3-5-12(8-11)15(16,17)18/h3-8,14,19H,9-10H2,1-2H3/t14-/m1/s1. The van der Waals surface area contributed by atoms with Gasteiger partial charge < -0.3 is 10.1 Å². The maximum atomic E-state index is 12.8. The summed E-state index contributed by atoms with van der Waals surface area (Å²) in [5.41, 5.74) is 0.820. The highest BCUT2D eigenvalue weighted by Gasteiger charge is 2.31. The van der Waals surface area contributed by atoms with Crippen LogP contribution in [-0.4, -0.2) is 23.5 Å². The third-order valence-corrected chi connectivity index (χ3v) is 3.40. The van der Waals surface area contributed by atoms with Gasteiger partial charge in [0.1, 0.15) is 0 Å². The zero-order chi connectivity index (χ0) is 16.2. The molecule has 120 valence electrons. The van der Waals surface area contributed by atoms with Crippen LogP contribution in [0.2, 0.25) is 0 Å². The Labute approximate surface area is 126 Å². The van der Waals surface area contributed by atoms with Crippen molar-refractivity contribution >= 4 is 0 Å². The number of benzene rings is 1. The lowest BCUT2D eigenvalue weighted by Gasteiger charge is -2.19. The number of hydrogen-bond donors (Lipinski definition) is 1. The molecule has 1 N–H and O–H groups in total. The number of methoxy groups -OCH3 is 1.